The van der Waals surface area contributed by atoms with Crippen molar-refractivity contribution in [1.29, 1.82) is 0 Å². The number of rotatable bonds is 4. The molecule has 3 N–H and O–H groups in total. The fourth-order valence-electron chi connectivity index (χ4n) is 1.70. The van der Waals surface area contributed by atoms with Crippen LogP contribution in [-0.2, 0) is 13.6 Å². The minimum Gasteiger partial charge on any atom is -0.408 e. The number of nitrogens with one attached hydrogen (secondary N) is 1. The summed E-state index contributed by atoms with van der Waals surface area (Å²) in [6.07, 6.45) is 0. The van der Waals surface area contributed by atoms with Crippen LogP contribution in [0.4, 0.5) is 0 Å². The first-order chi connectivity index (χ1) is 8.43. The molecule has 0 bridgehead atoms. The van der Waals surface area contributed by atoms with Crippen LogP contribution in [0.15, 0.2) is 27.4 Å². The zero-order valence-corrected chi connectivity index (χ0v) is 11.0. The zero-order chi connectivity index (χ0) is 13.3. The molecule has 1 aromatic carbocycles. The predicted molar refractivity (Wildman–Crippen MR) is 71.4 cm³/mol. The molecule has 0 aliphatic heterocycles. The molecule has 5 heteroatoms. The molecule has 1 heterocycles. The molecule has 98 valence electrons. The Morgan fingerprint density at radius 1 is 1.44 bits per heavy atom. The van der Waals surface area contributed by atoms with Gasteiger partial charge in [0.15, 0.2) is 5.58 Å². The molecule has 1 aromatic heterocycles. The average Bonchev–Trinajstić information content (AvgIpc) is 2.62. The quantitative estimate of drug-likeness (QED) is 0.846. The van der Waals surface area contributed by atoms with Crippen molar-refractivity contribution in [1.82, 2.24) is 9.88 Å². The van der Waals surface area contributed by atoms with Crippen LogP contribution in [0.2, 0.25) is 0 Å². The summed E-state index contributed by atoms with van der Waals surface area (Å²) >= 11 is 0. The van der Waals surface area contributed by atoms with Crippen LogP contribution in [0.5, 0.6) is 0 Å². The van der Waals surface area contributed by atoms with Gasteiger partial charge in [0.1, 0.15) is 0 Å². The normalized spacial score (nSPS) is 12.2. The van der Waals surface area contributed by atoms with E-state index in [4.69, 9.17) is 10.2 Å². The molecule has 0 saturated heterocycles. The van der Waals surface area contributed by atoms with E-state index in [1.54, 1.807) is 7.05 Å². The van der Waals surface area contributed by atoms with Gasteiger partial charge < -0.3 is 15.5 Å². The van der Waals surface area contributed by atoms with Gasteiger partial charge in [-0.2, -0.15) is 0 Å². The van der Waals surface area contributed by atoms with Crippen molar-refractivity contribution < 1.29 is 4.42 Å². The minimum absolute atomic E-state index is 0.105. The van der Waals surface area contributed by atoms with Gasteiger partial charge in [-0.25, -0.2) is 4.79 Å². The first kappa shape index (κ1) is 12.9. The lowest BCUT2D eigenvalue weighted by molar-refractivity contribution is 0.396. The highest BCUT2D eigenvalue weighted by Crippen LogP contribution is 2.14. The van der Waals surface area contributed by atoms with Gasteiger partial charge in [-0.1, -0.05) is 6.07 Å². The van der Waals surface area contributed by atoms with Crippen molar-refractivity contribution in [2.75, 3.05) is 6.54 Å². The Morgan fingerprint density at radius 2 is 2.17 bits per heavy atom. The van der Waals surface area contributed by atoms with Gasteiger partial charge in [0.25, 0.3) is 0 Å². The molecule has 0 fully saturated rings. The van der Waals surface area contributed by atoms with E-state index in [0.717, 1.165) is 11.1 Å². The molecular formula is C13H19N3O2. The number of aromatic nitrogens is 1. The minimum atomic E-state index is -0.336. The lowest BCUT2D eigenvalue weighted by atomic mass is 10.1. The van der Waals surface area contributed by atoms with E-state index in [-0.39, 0.29) is 11.3 Å². The van der Waals surface area contributed by atoms with Crippen LogP contribution < -0.4 is 16.8 Å². The summed E-state index contributed by atoms with van der Waals surface area (Å²) in [5.41, 5.74) is 8.05. The smallest absolute Gasteiger partial charge is 0.408 e. The van der Waals surface area contributed by atoms with Crippen molar-refractivity contribution in [2.24, 2.45) is 12.8 Å². The molecule has 2 aromatic rings. The highest BCUT2D eigenvalue weighted by Gasteiger charge is 2.14. The molecule has 0 radical (unpaired) electrons. The summed E-state index contributed by atoms with van der Waals surface area (Å²) in [4.78, 5) is 11.4. The summed E-state index contributed by atoms with van der Waals surface area (Å²) in [6.45, 7) is 5.36. The molecule has 0 unspecified atom stereocenters. The number of hydrogen-bond acceptors (Lipinski definition) is 4. The van der Waals surface area contributed by atoms with E-state index in [0.29, 0.717) is 18.7 Å². The largest absolute Gasteiger partial charge is 0.419 e. The van der Waals surface area contributed by atoms with Crippen LogP contribution in [0.3, 0.4) is 0 Å². The fraction of sp³-hybridized carbons (Fsp3) is 0.462. The lowest BCUT2D eigenvalue weighted by Crippen LogP contribution is -2.45. The van der Waals surface area contributed by atoms with Crippen molar-refractivity contribution >= 4 is 11.1 Å². The number of fused-ring (bicyclic) bond motifs is 1. The van der Waals surface area contributed by atoms with Gasteiger partial charge in [0.05, 0.1) is 5.52 Å². The number of aryl methyl sites for hydroxylation is 1. The average molecular weight is 249 g/mol. The SMILES string of the molecule is Cn1c(=O)oc2cc(CNC(C)(C)CN)ccc21. The predicted octanol–water partition coefficient (Wildman–Crippen LogP) is 0.958. The molecule has 0 saturated carbocycles. The molecule has 2 rings (SSSR count). The lowest BCUT2D eigenvalue weighted by Gasteiger charge is -2.24. The van der Waals surface area contributed by atoms with Crippen molar-refractivity contribution in [3.63, 3.8) is 0 Å². The second-order valence-corrected chi connectivity index (χ2v) is 5.17. The van der Waals surface area contributed by atoms with Gasteiger partial charge >= 0.3 is 5.76 Å². The maximum Gasteiger partial charge on any atom is 0.419 e. The van der Waals surface area contributed by atoms with Crippen LogP contribution in [0.25, 0.3) is 11.1 Å². The monoisotopic (exact) mass is 249 g/mol. The molecule has 0 amide bonds. The van der Waals surface area contributed by atoms with E-state index in [9.17, 15) is 4.79 Å². The van der Waals surface area contributed by atoms with Gasteiger partial charge in [0, 0.05) is 25.7 Å². The van der Waals surface area contributed by atoms with Gasteiger partial charge in [-0.15, -0.1) is 0 Å². The van der Waals surface area contributed by atoms with E-state index >= 15 is 0 Å². The van der Waals surface area contributed by atoms with E-state index in [2.05, 4.69) is 5.32 Å². The molecule has 0 aliphatic carbocycles. The zero-order valence-electron chi connectivity index (χ0n) is 11.0. The first-order valence-electron chi connectivity index (χ1n) is 5.96. The third-order valence-electron chi connectivity index (χ3n) is 3.14. The third kappa shape index (κ3) is 2.47. The highest BCUT2D eigenvalue weighted by atomic mass is 16.4. The summed E-state index contributed by atoms with van der Waals surface area (Å²) in [7, 11) is 1.70. The van der Waals surface area contributed by atoms with Crippen molar-refractivity contribution in [2.45, 2.75) is 25.9 Å². The first-order valence-corrected chi connectivity index (χ1v) is 5.96. The van der Waals surface area contributed by atoms with E-state index in [1.807, 2.05) is 32.0 Å². The molecular weight excluding hydrogens is 230 g/mol. The summed E-state index contributed by atoms with van der Waals surface area (Å²) < 4.78 is 6.65. The molecule has 18 heavy (non-hydrogen) atoms. The number of nitrogens with two attached hydrogens (primary N) is 1. The second kappa shape index (κ2) is 4.59. The third-order valence-corrected chi connectivity index (χ3v) is 3.14. The van der Waals surface area contributed by atoms with Gasteiger partial charge in [0.2, 0.25) is 0 Å². The summed E-state index contributed by atoms with van der Waals surface area (Å²) in [5.74, 6) is -0.336. The van der Waals surface area contributed by atoms with Gasteiger partial charge in [-0.05, 0) is 31.5 Å². The summed E-state index contributed by atoms with van der Waals surface area (Å²) in [6, 6.07) is 5.76. The molecule has 0 aliphatic rings. The Bertz CT molecular complexity index is 610. The number of nitrogens with zero attached hydrogens (tertiary/aromatic N) is 1. The number of hydrogen-bond donors (Lipinski definition) is 2. The van der Waals surface area contributed by atoms with Crippen molar-refractivity contribution in [3.8, 4) is 0 Å². The van der Waals surface area contributed by atoms with Crippen LogP contribution in [0, 0.1) is 0 Å². The maximum atomic E-state index is 11.4. The fourth-order valence-corrected chi connectivity index (χ4v) is 1.70. The molecule has 0 atom stereocenters. The second-order valence-electron chi connectivity index (χ2n) is 5.17. The van der Waals surface area contributed by atoms with Gasteiger partial charge in [-0.3, -0.25) is 4.57 Å². The number of benzene rings is 1. The molecule has 5 nitrogen and oxygen atoms in total. The topological polar surface area (TPSA) is 73.2 Å². The van der Waals surface area contributed by atoms with Crippen LogP contribution in [0.1, 0.15) is 19.4 Å². The Hall–Kier alpha value is -1.59. The highest BCUT2D eigenvalue weighted by molar-refractivity contribution is 5.73. The Morgan fingerprint density at radius 3 is 2.83 bits per heavy atom. The standard InChI is InChI=1S/C13H19N3O2/c1-13(2,8-14)15-7-9-4-5-10-11(6-9)18-12(17)16(10)3/h4-6,15H,7-8,14H2,1-3H3. The number of oxazole rings is 1. The maximum absolute atomic E-state index is 11.4. The Kier molecular flexibility index (Phi) is 3.28. The van der Waals surface area contributed by atoms with Crippen LogP contribution in [-0.4, -0.2) is 16.7 Å². The Labute approximate surface area is 106 Å². The van der Waals surface area contributed by atoms with E-state index in [1.165, 1.54) is 4.57 Å². The van der Waals surface area contributed by atoms with E-state index < -0.39 is 0 Å². The molecule has 0 spiro atoms. The summed E-state index contributed by atoms with van der Waals surface area (Å²) in [5, 5.41) is 3.36. The Balaban J connectivity index is 2.23. The van der Waals surface area contributed by atoms with Crippen molar-refractivity contribution in [3.05, 3.63) is 34.3 Å². The van der Waals surface area contributed by atoms with Crippen LogP contribution >= 0.6 is 0 Å².